The summed E-state index contributed by atoms with van der Waals surface area (Å²) in [4.78, 5) is 7.30. The highest BCUT2D eigenvalue weighted by Crippen LogP contribution is 2.13. The summed E-state index contributed by atoms with van der Waals surface area (Å²) in [5, 5.41) is 0. The Morgan fingerprint density at radius 3 is 3.50 bits per heavy atom. The first-order chi connectivity index (χ1) is 5.95. The van der Waals surface area contributed by atoms with Crippen molar-refractivity contribution in [2.45, 2.75) is 0 Å². The zero-order chi connectivity index (χ0) is 7.97. The van der Waals surface area contributed by atoms with Crippen molar-refractivity contribution in [3.05, 3.63) is 36.7 Å². The zero-order valence-electron chi connectivity index (χ0n) is 6.28. The monoisotopic (exact) mass is 156 g/mol. The SMILES string of the molecule is [c]1cccc2c1[nH]c1nccn12. The van der Waals surface area contributed by atoms with Crippen molar-refractivity contribution in [2.24, 2.45) is 0 Å². The lowest BCUT2D eigenvalue weighted by molar-refractivity contribution is 1.25. The van der Waals surface area contributed by atoms with E-state index in [2.05, 4.69) is 16.0 Å². The van der Waals surface area contributed by atoms with Crippen LogP contribution in [0.5, 0.6) is 0 Å². The second-order valence-corrected chi connectivity index (χ2v) is 2.68. The van der Waals surface area contributed by atoms with Gasteiger partial charge in [-0.2, -0.15) is 0 Å². The Labute approximate surface area is 68.7 Å². The van der Waals surface area contributed by atoms with Gasteiger partial charge < -0.3 is 4.98 Å². The molecule has 2 heterocycles. The molecule has 3 nitrogen and oxygen atoms in total. The summed E-state index contributed by atoms with van der Waals surface area (Å²) in [7, 11) is 0. The predicted octanol–water partition coefficient (Wildman–Crippen LogP) is 1.62. The molecule has 3 aromatic rings. The van der Waals surface area contributed by atoms with Crippen LogP contribution in [0.15, 0.2) is 30.6 Å². The van der Waals surface area contributed by atoms with Gasteiger partial charge in [-0.3, -0.25) is 4.40 Å². The van der Waals surface area contributed by atoms with Gasteiger partial charge in [-0.25, -0.2) is 4.98 Å². The van der Waals surface area contributed by atoms with Crippen LogP contribution in [0.1, 0.15) is 0 Å². The molecular formula is C9H6N3. The molecule has 3 rings (SSSR count). The first-order valence-electron chi connectivity index (χ1n) is 3.76. The first-order valence-corrected chi connectivity index (χ1v) is 3.76. The lowest BCUT2D eigenvalue weighted by Crippen LogP contribution is -1.74. The minimum atomic E-state index is 0.868. The second-order valence-electron chi connectivity index (χ2n) is 2.68. The zero-order valence-corrected chi connectivity index (χ0v) is 6.28. The first kappa shape index (κ1) is 5.83. The highest BCUT2D eigenvalue weighted by atomic mass is 15.1. The summed E-state index contributed by atoms with van der Waals surface area (Å²) in [5.41, 5.74) is 2.12. The Balaban J connectivity index is 2.68. The number of nitrogens with zero attached hydrogens (tertiary/aromatic N) is 2. The van der Waals surface area contributed by atoms with Crippen LogP contribution in [0.4, 0.5) is 0 Å². The Morgan fingerprint density at radius 2 is 2.50 bits per heavy atom. The van der Waals surface area contributed by atoms with E-state index in [4.69, 9.17) is 0 Å². The molecule has 1 N–H and O–H groups in total. The fourth-order valence-electron chi connectivity index (χ4n) is 1.43. The van der Waals surface area contributed by atoms with Gasteiger partial charge in [0.15, 0.2) is 0 Å². The molecule has 12 heavy (non-hydrogen) atoms. The number of fused-ring (bicyclic) bond motifs is 3. The minimum Gasteiger partial charge on any atom is -0.323 e. The third kappa shape index (κ3) is 0.580. The molecule has 0 spiro atoms. The molecule has 0 aliphatic carbocycles. The van der Waals surface area contributed by atoms with E-state index in [-0.39, 0.29) is 0 Å². The smallest absolute Gasteiger partial charge is 0.212 e. The van der Waals surface area contributed by atoms with E-state index in [1.807, 2.05) is 28.8 Å². The van der Waals surface area contributed by atoms with Crippen molar-refractivity contribution >= 4 is 16.8 Å². The van der Waals surface area contributed by atoms with Crippen LogP contribution in [0, 0.1) is 6.07 Å². The maximum absolute atomic E-state index is 4.14. The normalized spacial score (nSPS) is 11.3. The molecule has 0 unspecified atom stereocenters. The number of nitrogens with one attached hydrogen (secondary N) is 1. The van der Waals surface area contributed by atoms with E-state index < -0.39 is 0 Å². The van der Waals surface area contributed by atoms with Crippen molar-refractivity contribution < 1.29 is 0 Å². The van der Waals surface area contributed by atoms with E-state index in [0.29, 0.717) is 0 Å². The molecule has 0 fully saturated rings. The maximum atomic E-state index is 4.14. The molecule has 0 amide bonds. The van der Waals surface area contributed by atoms with E-state index >= 15 is 0 Å². The second kappa shape index (κ2) is 1.88. The van der Waals surface area contributed by atoms with Gasteiger partial charge >= 0.3 is 0 Å². The van der Waals surface area contributed by atoms with Crippen molar-refractivity contribution in [1.29, 1.82) is 0 Å². The summed E-state index contributed by atoms with van der Waals surface area (Å²) in [6.45, 7) is 0. The molecule has 0 saturated heterocycles. The summed E-state index contributed by atoms with van der Waals surface area (Å²) in [6.07, 6.45) is 3.71. The fourth-order valence-corrected chi connectivity index (χ4v) is 1.43. The van der Waals surface area contributed by atoms with Crippen LogP contribution >= 0.6 is 0 Å². The Hall–Kier alpha value is -1.77. The van der Waals surface area contributed by atoms with Gasteiger partial charge in [0, 0.05) is 18.5 Å². The molecule has 1 aromatic carbocycles. The number of imidazole rings is 2. The van der Waals surface area contributed by atoms with Crippen LogP contribution in [0.25, 0.3) is 16.8 Å². The standard InChI is InChI=1S/C9H6N3/c1-2-4-8-7(3-1)11-9-10-5-6-12(8)9/h1-2,4-6H,(H,10,11). The number of rotatable bonds is 0. The van der Waals surface area contributed by atoms with Crippen molar-refractivity contribution in [3.8, 4) is 0 Å². The third-order valence-corrected chi connectivity index (χ3v) is 1.97. The molecule has 2 aromatic heterocycles. The molecular weight excluding hydrogens is 150 g/mol. The average molecular weight is 156 g/mol. The molecule has 0 atom stereocenters. The van der Waals surface area contributed by atoms with Gasteiger partial charge in [0.05, 0.1) is 11.0 Å². The molecule has 57 valence electrons. The highest BCUT2D eigenvalue weighted by Gasteiger charge is 2.01. The van der Waals surface area contributed by atoms with Crippen LogP contribution in [-0.2, 0) is 0 Å². The number of aromatic nitrogens is 3. The van der Waals surface area contributed by atoms with Crippen LogP contribution in [0.2, 0.25) is 0 Å². The minimum absolute atomic E-state index is 0.868. The molecule has 0 aliphatic rings. The number of para-hydroxylation sites is 1. The largest absolute Gasteiger partial charge is 0.323 e. The van der Waals surface area contributed by atoms with Crippen molar-refractivity contribution in [3.63, 3.8) is 0 Å². The highest BCUT2D eigenvalue weighted by molar-refractivity contribution is 5.78. The third-order valence-electron chi connectivity index (χ3n) is 1.97. The Morgan fingerprint density at radius 1 is 1.50 bits per heavy atom. The maximum Gasteiger partial charge on any atom is 0.212 e. The number of aromatic amines is 1. The van der Waals surface area contributed by atoms with Crippen molar-refractivity contribution in [1.82, 2.24) is 14.4 Å². The van der Waals surface area contributed by atoms with Crippen LogP contribution in [0.3, 0.4) is 0 Å². The van der Waals surface area contributed by atoms with Crippen molar-refractivity contribution in [2.75, 3.05) is 0 Å². The van der Waals surface area contributed by atoms with Gasteiger partial charge in [0.1, 0.15) is 0 Å². The lowest BCUT2D eigenvalue weighted by atomic mass is 10.3. The van der Waals surface area contributed by atoms with Crippen LogP contribution in [-0.4, -0.2) is 14.4 Å². The number of H-pyrrole nitrogens is 1. The molecule has 1 radical (unpaired) electrons. The molecule has 0 aliphatic heterocycles. The number of hydrogen-bond donors (Lipinski definition) is 1. The van der Waals surface area contributed by atoms with E-state index in [0.717, 1.165) is 16.8 Å². The number of hydrogen-bond acceptors (Lipinski definition) is 1. The van der Waals surface area contributed by atoms with Gasteiger partial charge in [0.25, 0.3) is 0 Å². The van der Waals surface area contributed by atoms with E-state index in [1.165, 1.54) is 0 Å². The Bertz CT molecular complexity index is 532. The summed E-state index contributed by atoms with van der Waals surface area (Å²) in [5.74, 6) is 0.868. The van der Waals surface area contributed by atoms with Crippen LogP contribution < -0.4 is 0 Å². The summed E-state index contributed by atoms with van der Waals surface area (Å²) < 4.78 is 2.01. The summed E-state index contributed by atoms with van der Waals surface area (Å²) >= 11 is 0. The van der Waals surface area contributed by atoms with Gasteiger partial charge in [-0.1, -0.05) is 12.1 Å². The topological polar surface area (TPSA) is 33.1 Å². The Kier molecular flexibility index (Phi) is 0.913. The van der Waals surface area contributed by atoms with E-state index in [9.17, 15) is 0 Å². The molecule has 3 heteroatoms. The van der Waals surface area contributed by atoms with Gasteiger partial charge in [-0.15, -0.1) is 0 Å². The van der Waals surface area contributed by atoms with E-state index in [1.54, 1.807) is 6.20 Å². The lowest BCUT2D eigenvalue weighted by Gasteiger charge is -1.85. The predicted molar refractivity (Wildman–Crippen MR) is 45.9 cm³/mol. The fraction of sp³-hybridized carbons (Fsp3) is 0. The average Bonchev–Trinajstić information content (AvgIpc) is 2.62. The van der Waals surface area contributed by atoms with Gasteiger partial charge in [-0.05, 0) is 6.07 Å². The molecule has 0 bridgehead atoms. The summed E-state index contributed by atoms with van der Waals surface area (Å²) in [6, 6.07) is 9.00. The molecule has 0 saturated carbocycles. The quantitative estimate of drug-likeness (QED) is 0.527. The van der Waals surface area contributed by atoms with Gasteiger partial charge in [0.2, 0.25) is 5.78 Å². The number of benzene rings is 1.